The van der Waals surface area contributed by atoms with Gasteiger partial charge >= 0.3 is 0 Å². The van der Waals surface area contributed by atoms with E-state index >= 15 is 0 Å². The van der Waals surface area contributed by atoms with Crippen molar-refractivity contribution < 1.29 is 4.43 Å². The molecule has 0 bridgehead atoms. The lowest BCUT2D eigenvalue weighted by molar-refractivity contribution is 0.559. The Labute approximate surface area is 76.1 Å². The van der Waals surface area contributed by atoms with Crippen LogP contribution in [0.5, 0.6) is 5.75 Å². The highest BCUT2D eigenvalue weighted by molar-refractivity contribution is 6.52. The van der Waals surface area contributed by atoms with Gasteiger partial charge in [-0.3, -0.25) is 0 Å². The van der Waals surface area contributed by atoms with Gasteiger partial charge in [0.25, 0.3) is 0 Å². The molecule has 1 nitrogen and oxygen atoms in total. The molecule has 66 valence electrons. The lowest BCUT2D eigenvalue weighted by atomic mass is 10.3. The van der Waals surface area contributed by atoms with Gasteiger partial charge in [-0.2, -0.15) is 0 Å². The topological polar surface area (TPSA) is 9.23 Å². The molecule has 0 radical (unpaired) electrons. The fraction of sp³-hybridized carbons (Fsp3) is 0.400. The zero-order valence-corrected chi connectivity index (χ0v) is 9.10. The third-order valence-electron chi connectivity index (χ3n) is 2.00. The van der Waals surface area contributed by atoms with Crippen molar-refractivity contribution in [2.24, 2.45) is 0 Å². The van der Waals surface area contributed by atoms with Crippen molar-refractivity contribution in [3.8, 4) is 5.75 Å². The third-order valence-corrected chi connectivity index (χ3v) is 4.53. The van der Waals surface area contributed by atoms with Crippen molar-refractivity contribution in [2.75, 3.05) is 0 Å². The minimum atomic E-state index is -1.00. The molecule has 0 spiro atoms. The van der Waals surface area contributed by atoms with Crippen LogP contribution in [-0.2, 0) is 0 Å². The van der Waals surface area contributed by atoms with E-state index in [1.165, 1.54) is 0 Å². The molecule has 0 amide bonds. The Kier molecular flexibility index (Phi) is 3.35. The van der Waals surface area contributed by atoms with Crippen LogP contribution >= 0.6 is 0 Å². The van der Waals surface area contributed by atoms with Gasteiger partial charge in [0.2, 0.25) is 9.04 Å². The van der Waals surface area contributed by atoms with Crippen LogP contribution in [0.2, 0.25) is 12.1 Å². The average Bonchev–Trinajstić information content (AvgIpc) is 2.06. The molecule has 1 atom stereocenters. The molecular formula is C10H16OSi. The number of benzene rings is 1. The standard InChI is InChI=1S/C10H16OSi/c1-9(2)12(3)11-10-7-5-4-6-8-10/h4-9,12H,1-3H3. The van der Waals surface area contributed by atoms with Crippen LogP contribution in [0.15, 0.2) is 30.3 Å². The minimum absolute atomic E-state index is 0.699. The van der Waals surface area contributed by atoms with Crippen LogP contribution in [0.4, 0.5) is 0 Å². The molecule has 0 aromatic heterocycles. The monoisotopic (exact) mass is 180 g/mol. The SMILES string of the molecule is CC(C)[SiH](C)Oc1ccccc1. The molecule has 1 unspecified atom stereocenters. The highest BCUT2D eigenvalue weighted by Gasteiger charge is 2.10. The molecule has 1 aromatic rings. The molecule has 0 saturated heterocycles. The minimum Gasteiger partial charge on any atom is -0.546 e. The summed E-state index contributed by atoms with van der Waals surface area (Å²) in [5.74, 6) is 1.02. The van der Waals surface area contributed by atoms with E-state index in [-0.39, 0.29) is 0 Å². The summed E-state index contributed by atoms with van der Waals surface area (Å²) in [5.41, 5.74) is 0.699. The summed E-state index contributed by atoms with van der Waals surface area (Å²) >= 11 is 0. The maximum Gasteiger partial charge on any atom is 0.234 e. The molecule has 1 aromatic carbocycles. The van der Waals surface area contributed by atoms with Crippen molar-refractivity contribution in [2.45, 2.75) is 25.9 Å². The van der Waals surface area contributed by atoms with Crippen LogP contribution in [0.3, 0.4) is 0 Å². The lowest BCUT2D eigenvalue weighted by Crippen LogP contribution is -2.20. The van der Waals surface area contributed by atoms with Crippen molar-refractivity contribution in [1.29, 1.82) is 0 Å². The third kappa shape index (κ3) is 2.70. The van der Waals surface area contributed by atoms with Gasteiger partial charge in [-0.25, -0.2) is 0 Å². The maximum absolute atomic E-state index is 5.81. The van der Waals surface area contributed by atoms with E-state index in [9.17, 15) is 0 Å². The summed E-state index contributed by atoms with van der Waals surface area (Å²) < 4.78 is 5.81. The number of hydrogen-bond donors (Lipinski definition) is 0. The van der Waals surface area contributed by atoms with Gasteiger partial charge in [-0.1, -0.05) is 32.0 Å². The summed E-state index contributed by atoms with van der Waals surface area (Å²) in [7, 11) is -1.00. The maximum atomic E-state index is 5.81. The van der Waals surface area contributed by atoms with E-state index in [2.05, 4.69) is 20.4 Å². The zero-order chi connectivity index (χ0) is 8.97. The van der Waals surface area contributed by atoms with Crippen LogP contribution in [0.1, 0.15) is 13.8 Å². The second-order valence-electron chi connectivity index (χ2n) is 3.38. The van der Waals surface area contributed by atoms with Gasteiger partial charge in [0, 0.05) is 0 Å². The second-order valence-corrected chi connectivity index (χ2v) is 6.36. The van der Waals surface area contributed by atoms with Crippen LogP contribution in [-0.4, -0.2) is 9.04 Å². The lowest BCUT2D eigenvalue weighted by Gasteiger charge is -2.16. The molecule has 0 heterocycles. The molecule has 0 aliphatic carbocycles. The fourth-order valence-corrected chi connectivity index (χ4v) is 1.71. The zero-order valence-electron chi connectivity index (χ0n) is 7.95. The van der Waals surface area contributed by atoms with Gasteiger partial charge in [0.15, 0.2) is 0 Å². The van der Waals surface area contributed by atoms with E-state index in [1.807, 2.05) is 30.3 Å². The Bertz CT molecular complexity index is 221. The molecule has 2 heteroatoms. The molecule has 1 rings (SSSR count). The molecule has 0 fully saturated rings. The van der Waals surface area contributed by atoms with Gasteiger partial charge in [-0.15, -0.1) is 0 Å². The normalized spacial score (nSPS) is 13.0. The van der Waals surface area contributed by atoms with Crippen molar-refractivity contribution >= 4 is 9.04 Å². The van der Waals surface area contributed by atoms with E-state index < -0.39 is 9.04 Å². The number of hydrogen-bond acceptors (Lipinski definition) is 1. The van der Waals surface area contributed by atoms with Gasteiger partial charge in [-0.05, 0) is 24.2 Å². The van der Waals surface area contributed by atoms with Crippen LogP contribution in [0.25, 0.3) is 0 Å². The predicted octanol–water partition coefficient (Wildman–Crippen LogP) is 2.83. The van der Waals surface area contributed by atoms with Crippen molar-refractivity contribution in [3.63, 3.8) is 0 Å². The van der Waals surface area contributed by atoms with Gasteiger partial charge in [0.05, 0.1) is 0 Å². The summed E-state index contributed by atoms with van der Waals surface area (Å²) in [6.07, 6.45) is 0. The Morgan fingerprint density at radius 3 is 2.25 bits per heavy atom. The molecular weight excluding hydrogens is 164 g/mol. The Morgan fingerprint density at radius 2 is 1.75 bits per heavy atom. The number of para-hydroxylation sites is 1. The molecule has 0 saturated carbocycles. The first kappa shape index (κ1) is 9.33. The van der Waals surface area contributed by atoms with E-state index in [0.717, 1.165) is 5.75 Å². The summed E-state index contributed by atoms with van der Waals surface area (Å²) in [5, 5.41) is 0. The molecule has 0 aliphatic rings. The van der Waals surface area contributed by atoms with Crippen LogP contribution < -0.4 is 4.43 Å². The second kappa shape index (κ2) is 4.31. The van der Waals surface area contributed by atoms with Crippen LogP contribution in [0, 0.1) is 0 Å². The molecule has 12 heavy (non-hydrogen) atoms. The average molecular weight is 180 g/mol. The van der Waals surface area contributed by atoms with Crippen molar-refractivity contribution in [1.82, 2.24) is 0 Å². The number of rotatable bonds is 3. The van der Waals surface area contributed by atoms with E-state index in [0.29, 0.717) is 5.54 Å². The highest BCUT2D eigenvalue weighted by atomic mass is 28.3. The first-order valence-corrected chi connectivity index (χ1v) is 6.71. The predicted molar refractivity (Wildman–Crippen MR) is 55.2 cm³/mol. The summed E-state index contributed by atoms with van der Waals surface area (Å²) in [6, 6.07) is 10.1. The molecule has 0 N–H and O–H groups in total. The fourth-order valence-electron chi connectivity index (χ4n) is 0.850. The summed E-state index contributed by atoms with van der Waals surface area (Å²) in [4.78, 5) is 0. The van der Waals surface area contributed by atoms with E-state index in [1.54, 1.807) is 0 Å². The van der Waals surface area contributed by atoms with Crippen molar-refractivity contribution in [3.05, 3.63) is 30.3 Å². The quantitative estimate of drug-likeness (QED) is 0.650. The Morgan fingerprint density at radius 1 is 1.17 bits per heavy atom. The molecule has 0 aliphatic heterocycles. The first-order chi connectivity index (χ1) is 5.70. The first-order valence-electron chi connectivity index (χ1n) is 4.42. The van der Waals surface area contributed by atoms with E-state index in [4.69, 9.17) is 4.43 Å². The van der Waals surface area contributed by atoms with Gasteiger partial charge in [0.1, 0.15) is 5.75 Å². The Balaban J connectivity index is 2.53. The van der Waals surface area contributed by atoms with Gasteiger partial charge < -0.3 is 4.43 Å². The smallest absolute Gasteiger partial charge is 0.234 e. The summed E-state index contributed by atoms with van der Waals surface area (Å²) in [6.45, 7) is 6.68. The highest BCUT2D eigenvalue weighted by Crippen LogP contribution is 2.14. The Hall–Kier alpha value is -0.763. The largest absolute Gasteiger partial charge is 0.546 e.